The van der Waals surface area contributed by atoms with Crippen LogP contribution in [0, 0.1) is 0 Å². The Morgan fingerprint density at radius 1 is 1.20 bits per heavy atom. The van der Waals surface area contributed by atoms with Crippen LogP contribution in [0.2, 0.25) is 0 Å². The molecule has 1 aliphatic carbocycles. The molecule has 2 rings (SSSR count). The van der Waals surface area contributed by atoms with Gasteiger partial charge in [-0.15, -0.1) is 0 Å². The second kappa shape index (κ2) is 4.94. The average Bonchev–Trinajstić information content (AvgIpc) is 3.09. The van der Waals surface area contributed by atoms with Gasteiger partial charge >= 0.3 is 0 Å². The predicted molar refractivity (Wildman–Crippen MR) is 56.3 cm³/mol. The summed E-state index contributed by atoms with van der Waals surface area (Å²) in [4.78, 5) is 10.4. The lowest BCUT2D eigenvalue weighted by Gasteiger charge is -2.06. The maximum atomic E-state index is 10.4. The van der Waals surface area contributed by atoms with Crippen molar-refractivity contribution in [1.82, 2.24) is 0 Å². The monoisotopic (exact) mass is 206 g/mol. The summed E-state index contributed by atoms with van der Waals surface area (Å²) in [5.41, 5.74) is 0.664. The van der Waals surface area contributed by atoms with E-state index in [0.29, 0.717) is 24.9 Å². The van der Waals surface area contributed by atoms with Gasteiger partial charge in [-0.2, -0.15) is 0 Å². The van der Waals surface area contributed by atoms with Gasteiger partial charge in [-0.05, 0) is 37.1 Å². The van der Waals surface area contributed by atoms with E-state index in [2.05, 4.69) is 0 Å². The topological polar surface area (TPSA) is 35.5 Å². The molecule has 1 saturated carbocycles. The highest BCUT2D eigenvalue weighted by Crippen LogP contribution is 2.23. The third-order valence-electron chi connectivity index (χ3n) is 2.25. The number of hydrogen-bond acceptors (Lipinski definition) is 3. The molecule has 1 fully saturated rings. The number of hydrogen-bond donors (Lipinski definition) is 0. The van der Waals surface area contributed by atoms with Crippen LogP contribution < -0.4 is 4.74 Å². The molecule has 1 aromatic carbocycles. The van der Waals surface area contributed by atoms with Gasteiger partial charge in [0.2, 0.25) is 0 Å². The predicted octanol–water partition coefficient (Wildman–Crippen LogP) is 2.06. The van der Waals surface area contributed by atoms with Crippen molar-refractivity contribution in [1.29, 1.82) is 0 Å². The van der Waals surface area contributed by atoms with Crippen LogP contribution in [0.1, 0.15) is 23.2 Å². The molecular formula is C12H14O3. The highest BCUT2D eigenvalue weighted by Gasteiger charge is 2.21. The van der Waals surface area contributed by atoms with E-state index in [1.54, 1.807) is 24.3 Å². The van der Waals surface area contributed by atoms with E-state index < -0.39 is 0 Å². The largest absolute Gasteiger partial charge is 0.491 e. The molecule has 0 spiro atoms. The van der Waals surface area contributed by atoms with Crippen LogP contribution in [0.25, 0.3) is 0 Å². The fourth-order valence-corrected chi connectivity index (χ4v) is 1.25. The van der Waals surface area contributed by atoms with E-state index in [1.807, 2.05) is 0 Å². The second-order valence-corrected chi connectivity index (χ2v) is 3.61. The third-order valence-corrected chi connectivity index (χ3v) is 2.25. The second-order valence-electron chi connectivity index (χ2n) is 3.61. The number of ether oxygens (including phenoxy) is 2. The van der Waals surface area contributed by atoms with Crippen LogP contribution in [-0.2, 0) is 4.74 Å². The van der Waals surface area contributed by atoms with Gasteiger partial charge in [0, 0.05) is 5.56 Å². The molecule has 0 aliphatic heterocycles. The Morgan fingerprint density at radius 3 is 2.53 bits per heavy atom. The van der Waals surface area contributed by atoms with Gasteiger partial charge < -0.3 is 9.47 Å². The van der Waals surface area contributed by atoms with Crippen molar-refractivity contribution in [3.05, 3.63) is 29.8 Å². The third kappa shape index (κ3) is 3.36. The Kier molecular flexibility index (Phi) is 3.35. The fourth-order valence-electron chi connectivity index (χ4n) is 1.25. The number of aldehydes is 1. The molecule has 0 saturated heterocycles. The normalized spacial score (nSPS) is 14.9. The number of benzene rings is 1. The minimum absolute atomic E-state index is 0.478. The van der Waals surface area contributed by atoms with Crippen molar-refractivity contribution in [2.75, 3.05) is 13.2 Å². The minimum Gasteiger partial charge on any atom is -0.491 e. The van der Waals surface area contributed by atoms with Crippen molar-refractivity contribution in [3.8, 4) is 5.75 Å². The van der Waals surface area contributed by atoms with Gasteiger partial charge in [0.05, 0.1) is 12.7 Å². The molecule has 1 aliphatic rings. The zero-order valence-electron chi connectivity index (χ0n) is 8.52. The van der Waals surface area contributed by atoms with Crippen LogP contribution in [0.4, 0.5) is 0 Å². The van der Waals surface area contributed by atoms with Gasteiger partial charge in [0.15, 0.2) is 0 Å². The van der Waals surface area contributed by atoms with Gasteiger partial charge in [-0.25, -0.2) is 0 Å². The summed E-state index contributed by atoms with van der Waals surface area (Å²) < 4.78 is 10.9. The summed E-state index contributed by atoms with van der Waals surface area (Å²) in [5.74, 6) is 0.778. The number of carbonyl (C=O) groups is 1. The summed E-state index contributed by atoms with van der Waals surface area (Å²) in [7, 11) is 0. The first kappa shape index (κ1) is 10.2. The van der Waals surface area contributed by atoms with E-state index in [-0.39, 0.29) is 0 Å². The highest BCUT2D eigenvalue weighted by atomic mass is 16.5. The van der Waals surface area contributed by atoms with Crippen molar-refractivity contribution in [3.63, 3.8) is 0 Å². The molecule has 15 heavy (non-hydrogen) atoms. The van der Waals surface area contributed by atoms with Gasteiger partial charge in [-0.3, -0.25) is 4.79 Å². The Bertz CT molecular complexity index is 314. The lowest BCUT2D eigenvalue weighted by Crippen LogP contribution is -2.07. The smallest absolute Gasteiger partial charge is 0.150 e. The van der Waals surface area contributed by atoms with Gasteiger partial charge in [0.1, 0.15) is 18.6 Å². The molecule has 0 amide bonds. The average molecular weight is 206 g/mol. The van der Waals surface area contributed by atoms with Crippen molar-refractivity contribution >= 4 is 6.29 Å². The van der Waals surface area contributed by atoms with Crippen molar-refractivity contribution in [2.24, 2.45) is 0 Å². The summed E-state index contributed by atoms with van der Waals surface area (Å²) in [6, 6.07) is 7.07. The molecular weight excluding hydrogens is 192 g/mol. The maximum absolute atomic E-state index is 10.4. The Hall–Kier alpha value is -1.35. The lowest BCUT2D eigenvalue weighted by molar-refractivity contribution is 0.0881. The van der Waals surface area contributed by atoms with Crippen LogP contribution in [0.5, 0.6) is 5.75 Å². The van der Waals surface area contributed by atoms with Crippen molar-refractivity contribution in [2.45, 2.75) is 18.9 Å². The maximum Gasteiger partial charge on any atom is 0.150 e. The molecule has 0 unspecified atom stereocenters. The Balaban J connectivity index is 1.69. The molecule has 80 valence electrons. The molecule has 0 aromatic heterocycles. The molecule has 0 atom stereocenters. The zero-order valence-corrected chi connectivity index (χ0v) is 8.52. The van der Waals surface area contributed by atoms with Crippen LogP contribution in [0.3, 0.4) is 0 Å². The van der Waals surface area contributed by atoms with Crippen molar-refractivity contribution < 1.29 is 14.3 Å². The molecule has 1 aromatic rings. The molecule has 3 heteroatoms. The summed E-state index contributed by atoms with van der Waals surface area (Å²) >= 11 is 0. The van der Waals surface area contributed by atoms with Gasteiger partial charge in [-0.1, -0.05) is 0 Å². The Labute approximate surface area is 89.0 Å². The Morgan fingerprint density at radius 2 is 1.93 bits per heavy atom. The molecule has 0 N–H and O–H groups in total. The number of rotatable bonds is 6. The van der Waals surface area contributed by atoms with E-state index in [1.165, 1.54) is 12.8 Å². The van der Waals surface area contributed by atoms with Crippen LogP contribution in [0.15, 0.2) is 24.3 Å². The summed E-state index contributed by atoms with van der Waals surface area (Å²) in [5, 5.41) is 0. The summed E-state index contributed by atoms with van der Waals surface area (Å²) in [6.07, 6.45) is 3.67. The van der Waals surface area contributed by atoms with Crippen LogP contribution >= 0.6 is 0 Å². The molecule has 0 bridgehead atoms. The van der Waals surface area contributed by atoms with E-state index in [4.69, 9.17) is 9.47 Å². The highest BCUT2D eigenvalue weighted by molar-refractivity contribution is 5.74. The SMILES string of the molecule is O=Cc1ccc(OCCOC2CC2)cc1. The zero-order chi connectivity index (χ0) is 10.5. The van der Waals surface area contributed by atoms with Crippen LogP contribution in [-0.4, -0.2) is 25.6 Å². The quantitative estimate of drug-likeness (QED) is 0.528. The van der Waals surface area contributed by atoms with E-state index in [0.717, 1.165) is 12.0 Å². The molecule has 0 heterocycles. The van der Waals surface area contributed by atoms with E-state index >= 15 is 0 Å². The summed E-state index contributed by atoms with van der Waals surface area (Å²) in [6.45, 7) is 1.21. The first-order valence-corrected chi connectivity index (χ1v) is 5.18. The first-order chi connectivity index (χ1) is 7.38. The first-order valence-electron chi connectivity index (χ1n) is 5.18. The molecule has 3 nitrogen and oxygen atoms in total. The van der Waals surface area contributed by atoms with Gasteiger partial charge in [0.25, 0.3) is 0 Å². The van der Waals surface area contributed by atoms with E-state index in [9.17, 15) is 4.79 Å². The molecule has 0 radical (unpaired) electrons. The lowest BCUT2D eigenvalue weighted by atomic mass is 10.2. The fraction of sp³-hybridized carbons (Fsp3) is 0.417. The number of carbonyl (C=O) groups excluding carboxylic acids is 1. The minimum atomic E-state index is 0.478. The standard InChI is InChI=1S/C12H14O3/c13-9-10-1-3-11(4-2-10)14-7-8-15-12-5-6-12/h1-4,9,12H,5-8H2.